The predicted octanol–water partition coefficient (Wildman–Crippen LogP) is 5.71. The van der Waals surface area contributed by atoms with Crippen LogP contribution in [0.1, 0.15) is 33.3 Å². The second kappa shape index (κ2) is 7.72. The van der Waals surface area contributed by atoms with E-state index in [1.807, 2.05) is 0 Å². The summed E-state index contributed by atoms with van der Waals surface area (Å²) in [5.41, 5.74) is -1.36. The minimum Gasteiger partial charge on any atom is -0.497 e. The lowest BCUT2D eigenvalue weighted by atomic mass is 9.98. The molecule has 0 saturated carbocycles. The normalized spacial score (nSPS) is 15.6. The van der Waals surface area contributed by atoms with Crippen LogP contribution in [0.5, 0.6) is 5.75 Å². The maximum atomic E-state index is 13.9. The summed E-state index contributed by atoms with van der Waals surface area (Å²) in [7, 11) is 1.43. The van der Waals surface area contributed by atoms with Gasteiger partial charge in [-0.25, -0.2) is 4.39 Å². The molecular formula is C25H15F4NO4. The van der Waals surface area contributed by atoms with Crippen molar-refractivity contribution < 1.29 is 31.5 Å². The van der Waals surface area contributed by atoms with Gasteiger partial charge in [0, 0.05) is 5.69 Å². The fraction of sp³-hybridized carbons (Fsp3) is 0.120. The van der Waals surface area contributed by atoms with Crippen LogP contribution in [-0.2, 0) is 6.18 Å². The van der Waals surface area contributed by atoms with E-state index in [1.165, 1.54) is 25.3 Å². The molecule has 1 aliphatic rings. The molecule has 0 spiro atoms. The van der Waals surface area contributed by atoms with E-state index in [2.05, 4.69) is 0 Å². The lowest BCUT2D eigenvalue weighted by Crippen LogP contribution is -2.29. The molecular weight excluding hydrogens is 454 g/mol. The molecule has 5 rings (SSSR count). The van der Waals surface area contributed by atoms with Crippen LogP contribution in [0.25, 0.3) is 11.0 Å². The van der Waals surface area contributed by atoms with Gasteiger partial charge in [0.1, 0.15) is 17.1 Å². The number of alkyl halides is 3. The summed E-state index contributed by atoms with van der Waals surface area (Å²) in [6, 6.07) is 12.9. The number of benzene rings is 3. The van der Waals surface area contributed by atoms with Crippen molar-refractivity contribution in [2.45, 2.75) is 12.2 Å². The van der Waals surface area contributed by atoms with Gasteiger partial charge in [0.25, 0.3) is 5.91 Å². The minimum atomic E-state index is -4.64. The molecule has 0 bridgehead atoms. The zero-order valence-electron chi connectivity index (χ0n) is 17.5. The Morgan fingerprint density at radius 3 is 2.47 bits per heavy atom. The molecule has 0 fully saturated rings. The van der Waals surface area contributed by atoms with Crippen LogP contribution in [0.4, 0.5) is 23.2 Å². The van der Waals surface area contributed by atoms with Crippen LogP contribution < -0.4 is 15.1 Å². The molecule has 0 saturated heterocycles. The van der Waals surface area contributed by atoms with Crippen LogP contribution in [-0.4, -0.2) is 13.0 Å². The highest BCUT2D eigenvalue weighted by atomic mass is 19.4. The van der Waals surface area contributed by atoms with Crippen LogP contribution in [0.3, 0.4) is 0 Å². The Morgan fingerprint density at radius 1 is 0.971 bits per heavy atom. The molecule has 0 aliphatic carbocycles. The molecule has 1 unspecified atom stereocenters. The predicted molar refractivity (Wildman–Crippen MR) is 116 cm³/mol. The largest absolute Gasteiger partial charge is 0.497 e. The van der Waals surface area contributed by atoms with Crippen LogP contribution in [0, 0.1) is 5.82 Å². The van der Waals surface area contributed by atoms with E-state index in [9.17, 15) is 27.2 Å². The molecule has 172 valence electrons. The van der Waals surface area contributed by atoms with Gasteiger partial charge < -0.3 is 9.15 Å². The minimum absolute atomic E-state index is 0.00576. The molecule has 1 atom stereocenters. The van der Waals surface area contributed by atoms with Gasteiger partial charge in [-0.05, 0) is 54.1 Å². The summed E-state index contributed by atoms with van der Waals surface area (Å²) in [6.07, 6.45) is -4.64. The van der Waals surface area contributed by atoms with Gasteiger partial charge in [-0.3, -0.25) is 14.5 Å². The highest BCUT2D eigenvalue weighted by Crippen LogP contribution is 2.43. The van der Waals surface area contributed by atoms with E-state index in [-0.39, 0.29) is 28.0 Å². The topological polar surface area (TPSA) is 59.8 Å². The molecule has 0 N–H and O–H groups in total. The van der Waals surface area contributed by atoms with E-state index in [0.29, 0.717) is 11.3 Å². The molecule has 9 heteroatoms. The van der Waals surface area contributed by atoms with Gasteiger partial charge in [-0.1, -0.05) is 18.2 Å². The van der Waals surface area contributed by atoms with Crippen molar-refractivity contribution >= 4 is 22.6 Å². The number of ether oxygens (including phenoxy) is 1. The number of hydrogen-bond acceptors (Lipinski definition) is 4. The number of methoxy groups -OCH3 is 1. The Hall–Kier alpha value is -4.14. The van der Waals surface area contributed by atoms with E-state index in [4.69, 9.17) is 9.15 Å². The first kappa shape index (κ1) is 21.7. The van der Waals surface area contributed by atoms with Crippen molar-refractivity contribution in [2.24, 2.45) is 0 Å². The highest BCUT2D eigenvalue weighted by molar-refractivity contribution is 6.10. The van der Waals surface area contributed by atoms with E-state index in [0.717, 1.165) is 29.2 Å². The SMILES string of the molecule is COc1cccc(C2c3c(oc4ccc(F)cc4c3=O)C(=O)N2c2cccc(C(F)(F)F)c2)c1. The monoisotopic (exact) mass is 469 g/mol. The maximum absolute atomic E-state index is 13.9. The van der Waals surface area contributed by atoms with Crippen molar-refractivity contribution in [3.63, 3.8) is 0 Å². The van der Waals surface area contributed by atoms with Gasteiger partial charge in [0.15, 0.2) is 5.43 Å². The zero-order valence-corrected chi connectivity index (χ0v) is 17.5. The van der Waals surface area contributed by atoms with Gasteiger partial charge >= 0.3 is 6.18 Å². The van der Waals surface area contributed by atoms with E-state index in [1.54, 1.807) is 24.3 Å². The molecule has 0 radical (unpaired) electrons. The number of anilines is 1. The van der Waals surface area contributed by atoms with Crippen LogP contribution in [0.2, 0.25) is 0 Å². The lowest BCUT2D eigenvalue weighted by Gasteiger charge is -2.26. The van der Waals surface area contributed by atoms with E-state index >= 15 is 0 Å². The third kappa shape index (κ3) is 3.40. The first-order valence-electron chi connectivity index (χ1n) is 10.1. The smallest absolute Gasteiger partial charge is 0.416 e. The number of amides is 1. The number of fused-ring (bicyclic) bond motifs is 2. The summed E-state index contributed by atoms with van der Waals surface area (Å²) >= 11 is 0. The fourth-order valence-corrected chi connectivity index (χ4v) is 4.17. The van der Waals surface area contributed by atoms with Gasteiger partial charge in [0.05, 0.1) is 29.7 Å². The number of carbonyl (C=O) groups is 1. The molecule has 1 aliphatic heterocycles. The second-order valence-electron chi connectivity index (χ2n) is 7.72. The lowest BCUT2D eigenvalue weighted by molar-refractivity contribution is -0.137. The summed E-state index contributed by atoms with van der Waals surface area (Å²) in [4.78, 5) is 28.0. The number of nitrogens with zero attached hydrogens (tertiary/aromatic N) is 1. The van der Waals surface area contributed by atoms with Crippen molar-refractivity contribution in [1.29, 1.82) is 0 Å². The third-order valence-electron chi connectivity index (χ3n) is 5.69. The Labute approximate surface area is 189 Å². The first-order chi connectivity index (χ1) is 16.2. The maximum Gasteiger partial charge on any atom is 0.416 e. The Morgan fingerprint density at radius 2 is 1.74 bits per heavy atom. The van der Waals surface area contributed by atoms with Crippen molar-refractivity contribution in [1.82, 2.24) is 0 Å². The molecule has 1 amide bonds. The summed E-state index contributed by atoms with van der Waals surface area (Å²) in [5, 5.41) is -0.0784. The molecule has 5 nitrogen and oxygen atoms in total. The van der Waals surface area contributed by atoms with Crippen molar-refractivity contribution in [2.75, 3.05) is 12.0 Å². The first-order valence-corrected chi connectivity index (χ1v) is 10.1. The van der Waals surface area contributed by atoms with Crippen molar-refractivity contribution in [3.8, 4) is 5.75 Å². The Balaban J connectivity index is 1.80. The van der Waals surface area contributed by atoms with Crippen LogP contribution in [0.15, 0.2) is 75.9 Å². The summed E-state index contributed by atoms with van der Waals surface area (Å²) in [6.45, 7) is 0. The Kier molecular flexibility index (Phi) is 4.93. The summed E-state index contributed by atoms with van der Waals surface area (Å²) < 4.78 is 65.0. The molecule has 34 heavy (non-hydrogen) atoms. The third-order valence-corrected chi connectivity index (χ3v) is 5.69. The Bertz CT molecular complexity index is 1510. The highest BCUT2D eigenvalue weighted by Gasteiger charge is 2.44. The van der Waals surface area contributed by atoms with Gasteiger partial charge in [0.2, 0.25) is 5.76 Å². The van der Waals surface area contributed by atoms with Gasteiger partial charge in [-0.2, -0.15) is 13.2 Å². The molecule has 4 aromatic rings. The standard InChI is InChI=1S/C25H15F4NO4/c1-33-17-7-2-4-13(10-17)21-20-22(31)18-12-15(26)8-9-19(18)34-23(20)24(32)30(21)16-6-3-5-14(11-16)25(27,28)29/h2-12,21H,1H3. The number of hydrogen-bond donors (Lipinski definition) is 0. The number of rotatable bonds is 3. The molecule has 1 aromatic heterocycles. The quantitative estimate of drug-likeness (QED) is 0.361. The fourth-order valence-electron chi connectivity index (χ4n) is 4.17. The molecule has 2 heterocycles. The van der Waals surface area contributed by atoms with Crippen LogP contribution >= 0.6 is 0 Å². The number of halogens is 4. The molecule has 3 aromatic carbocycles. The average molecular weight is 469 g/mol. The number of carbonyl (C=O) groups excluding carboxylic acids is 1. The average Bonchev–Trinajstić information content (AvgIpc) is 3.12. The summed E-state index contributed by atoms with van der Waals surface area (Å²) in [5.74, 6) is -1.35. The zero-order chi connectivity index (χ0) is 24.2. The van der Waals surface area contributed by atoms with E-state index < -0.39 is 34.9 Å². The van der Waals surface area contributed by atoms with Gasteiger partial charge in [-0.15, -0.1) is 0 Å². The van der Waals surface area contributed by atoms with Crippen molar-refractivity contribution in [3.05, 3.63) is 105 Å². The second-order valence-corrected chi connectivity index (χ2v) is 7.72.